The zero-order valence-electron chi connectivity index (χ0n) is 30.0. The maximum atomic E-state index is 13.9. The smallest absolute Gasteiger partial charge is 0.257 e. The third kappa shape index (κ3) is 6.72. The summed E-state index contributed by atoms with van der Waals surface area (Å²) in [7, 11) is 0. The van der Waals surface area contributed by atoms with Gasteiger partial charge in [-0.25, -0.2) is 9.98 Å². The van der Waals surface area contributed by atoms with Gasteiger partial charge >= 0.3 is 0 Å². The van der Waals surface area contributed by atoms with Crippen LogP contribution in [0.4, 0.5) is 5.82 Å². The standard InChI is InChI=1S/C46H33N7O2/c1-28-15-9-11-21-32(28)45(54)52-43-34(26-47)40(30-17-5-3-6-18-30)37(50-43)25-38-41(31-19-7-4-8-20-31)42(39-27-48-35-23-13-14-24-36(35)49-39)44(51-38)53-46(55)33-22-12-10-16-29(33)2/h3-25,27,51H,1-2H3,(H,53,55)(H,50,52,54). The van der Waals surface area contributed by atoms with E-state index in [2.05, 4.69) is 21.7 Å². The molecule has 3 heterocycles. The van der Waals surface area contributed by atoms with Crippen molar-refractivity contribution in [3.05, 3.63) is 184 Å². The predicted octanol–water partition coefficient (Wildman–Crippen LogP) is 9.32. The Kier molecular flexibility index (Phi) is 9.21. The highest BCUT2D eigenvalue weighted by atomic mass is 16.2. The largest absolute Gasteiger partial charge is 0.341 e. The summed E-state index contributed by atoms with van der Waals surface area (Å²) in [6.07, 6.45) is 3.55. The van der Waals surface area contributed by atoms with Gasteiger partial charge in [-0.3, -0.25) is 14.6 Å². The second-order valence-electron chi connectivity index (χ2n) is 13.0. The van der Waals surface area contributed by atoms with Crippen LogP contribution in [0, 0.1) is 25.2 Å². The number of rotatable bonds is 7. The number of allylic oxidation sites excluding steroid dienone is 1. The molecular formula is C46H33N7O2. The number of nitrogens with one attached hydrogen (secondary N) is 3. The average molecular weight is 716 g/mol. The Hall–Kier alpha value is -7.70. The van der Waals surface area contributed by atoms with E-state index < -0.39 is 0 Å². The number of fused-ring (bicyclic) bond motifs is 1. The SMILES string of the molecule is Cc1ccccc1C(=O)NC1=NC(=Cc2[nH]c(NC(=O)c3ccccc3C)c(-c3cnc4ccccc4n3)c2-c2ccccc2)C(c2ccccc2)=C1C#N. The topological polar surface area (TPSA) is 136 Å². The van der Waals surface area contributed by atoms with E-state index in [1.54, 1.807) is 24.4 Å². The molecule has 0 saturated heterocycles. The fourth-order valence-corrected chi connectivity index (χ4v) is 6.79. The molecule has 0 unspecified atom stereocenters. The molecule has 3 N–H and O–H groups in total. The van der Waals surface area contributed by atoms with Gasteiger partial charge in [-0.05, 0) is 66.4 Å². The third-order valence-corrected chi connectivity index (χ3v) is 9.48. The van der Waals surface area contributed by atoms with Crippen molar-refractivity contribution in [1.29, 1.82) is 5.26 Å². The van der Waals surface area contributed by atoms with E-state index in [9.17, 15) is 14.9 Å². The number of amidine groups is 1. The van der Waals surface area contributed by atoms with E-state index in [0.29, 0.717) is 50.7 Å². The number of hydrogen-bond acceptors (Lipinski definition) is 6. The molecular weight excluding hydrogens is 683 g/mol. The van der Waals surface area contributed by atoms with Crippen molar-refractivity contribution >= 4 is 46.2 Å². The zero-order valence-corrected chi connectivity index (χ0v) is 30.0. The van der Waals surface area contributed by atoms with E-state index in [4.69, 9.17) is 15.0 Å². The lowest BCUT2D eigenvalue weighted by atomic mass is 9.96. The fourth-order valence-electron chi connectivity index (χ4n) is 6.79. The quantitative estimate of drug-likeness (QED) is 0.151. The highest BCUT2D eigenvalue weighted by Gasteiger charge is 2.29. The van der Waals surface area contributed by atoms with Gasteiger partial charge in [-0.1, -0.05) is 109 Å². The monoisotopic (exact) mass is 715 g/mol. The summed E-state index contributed by atoms with van der Waals surface area (Å²) in [4.78, 5) is 45.7. The summed E-state index contributed by atoms with van der Waals surface area (Å²) < 4.78 is 0. The number of aromatic amines is 1. The Morgan fingerprint density at radius 2 is 1.24 bits per heavy atom. The lowest BCUT2D eigenvalue weighted by Crippen LogP contribution is -2.31. The van der Waals surface area contributed by atoms with Crippen LogP contribution in [0.15, 0.2) is 156 Å². The molecule has 9 heteroatoms. The second-order valence-corrected chi connectivity index (χ2v) is 13.0. The first-order chi connectivity index (χ1) is 26.9. The van der Waals surface area contributed by atoms with Gasteiger partial charge in [0.25, 0.3) is 11.8 Å². The van der Waals surface area contributed by atoms with Gasteiger partial charge in [0.2, 0.25) is 0 Å². The molecule has 2 amide bonds. The molecule has 8 rings (SSSR count). The summed E-state index contributed by atoms with van der Waals surface area (Å²) in [5, 5.41) is 16.7. The van der Waals surface area contributed by atoms with E-state index in [1.165, 1.54) is 0 Å². The number of amides is 2. The zero-order chi connectivity index (χ0) is 37.9. The number of para-hydroxylation sites is 2. The molecule has 0 aliphatic carbocycles. The Morgan fingerprint density at radius 1 is 0.673 bits per heavy atom. The van der Waals surface area contributed by atoms with Gasteiger partial charge in [0.15, 0.2) is 5.84 Å². The number of carbonyl (C=O) groups excluding carboxylic acids is 2. The van der Waals surface area contributed by atoms with Crippen molar-refractivity contribution in [2.45, 2.75) is 13.8 Å². The van der Waals surface area contributed by atoms with Crippen molar-refractivity contribution in [2.24, 2.45) is 4.99 Å². The molecule has 0 spiro atoms. The van der Waals surface area contributed by atoms with Gasteiger partial charge in [0.1, 0.15) is 17.5 Å². The first-order valence-corrected chi connectivity index (χ1v) is 17.7. The Bertz CT molecular complexity index is 2770. The van der Waals surface area contributed by atoms with Crippen LogP contribution in [-0.4, -0.2) is 32.6 Å². The van der Waals surface area contributed by atoms with Gasteiger partial charge in [0, 0.05) is 22.3 Å². The normalized spacial score (nSPS) is 13.1. The highest BCUT2D eigenvalue weighted by molar-refractivity contribution is 6.23. The summed E-state index contributed by atoms with van der Waals surface area (Å²) in [6.45, 7) is 3.75. The molecule has 7 aromatic rings. The molecule has 1 aliphatic heterocycles. The summed E-state index contributed by atoms with van der Waals surface area (Å²) in [6, 6.07) is 43.8. The van der Waals surface area contributed by atoms with Crippen molar-refractivity contribution in [3.63, 3.8) is 0 Å². The minimum Gasteiger partial charge on any atom is -0.341 e. The number of nitrogens with zero attached hydrogens (tertiary/aromatic N) is 4. The molecule has 55 heavy (non-hydrogen) atoms. The van der Waals surface area contributed by atoms with Crippen LogP contribution in [0.2, 0.25) is 0 Å². The maximum Gasteiger partial charge on any atom is 0.257 e. The molecule has 264 valence electrons. The van der Waals surface area contributed by atoms with Gasteiger partial charge in [-0.2, -0.15) is 5.26 Å². The first-order valence-electron chi connectivity index (χ1n) is 17.7. The van der Waals surface area contributed by atoms with E-state index in [1.807, 2.05) is 135 Å². The Morgan fingerprint density at radius 3 is 1.87 bits per heavy atom. The molecule has 9 nitrogen and oxygen atoms in total. The van der Waals surface area contributed by atoms with Gasteiger partial charge < -0.3 is 15.6 Å². The average Bonchev–Trinajstić information content (AvgIpc) is 3.75. The number of aryl methyl sites for hydroxylation is 2. The van der Waals surface area contributed by atoms with Crippen LogP contribution < -0.4 is 10.6 Å². The van der Waals surface area contributed by atoms with Crippen LogP contribution in [0.1, 0.15) is 43.1 Å². The second kappa shape index (κ2) is 14.7. The van der Waals surface area contributed by atoms with Gasteiger partial charge in [-0.15, -0.1) is 0 Å². The Labute approximate surface area is 317 Å². The number of carbonyl (C=O) groups is 2. The summed E-state index contributed by atoms with van der Waals surface area (Å²) in [5.41, 5.74) is 9.33. The number of hydrogen-bond donors (Lipinski definition) is 3. The van der Waals surface area contributed by atoms with Crippen LogP contribution >= 0.6 is 0 Å². The summed E-state index contributed by atoms with van der Waals surface area (Å²) >= 11 is 0. The van der Waals surface area contributed by atoms with Crippen LogP contribution in [-0.2, 0) is 0 Å². The molecule has 2 aromatic heterocycles. The van der Waals surface area contributed by atoms with Crippen LogP contribution in [0.3, 0.4) is 0 Å². The number of nitriles is 1. The number of anilines is 1. The van der Waals surface area contributed by atoms with Crippen molar-refractivity contribution in [1.82, 2.24) is 20.3 Å². The number of aliphatic imine (C=N–C) groups is 1. The predicted molar refractivity (Wildman–Crippen MR) is 217 cm³/mol. The minimum absolute atomic E-state index is 0.141. The van der Waals surface area contributed by atoms with Crippen LogP contribution in [0.5, 0.6) is 0 Å². The van der Waals surface area contributed by atoms with E-state index in [-0.39, 0.29) is 23.2 Å². The molecule has 0 bridgehead atoms. The third-order valence-electron chi connectivity index (χ3n) is 9.48. The van der Waals surface area contributed by atoms with E-state index in [0.717, 1.165) is 33.3 Å². The fraction of sp³-hybridized carbons (Fsp3) is 0.0435. The van der Waals surface area contributed by atoms with Gasteiger partial charge in [0.05, 0.1) is 39.9 Å². The first kappa shape index (κ1) is 34.4. The highest BCUT2D eigenvalue weighted by Crippen LogP contribution is 2.43. The van der Waals surface area contributed by atoms with Crippen molar-refractivity contribution in [2.75, 3.05) is 5.32 Å². The van der Waals surface area contributed by atoms with Crippen molar-refractivity contribution in [3.8, 4) is 28.5 Å². The lowest BCUT2D eigenvalue weighted by molar-refractivity contribution is 0.0975. The number of aromatic nitrogens is 3. The molecule has 5 aromatic carbocycles. The van der Waals surface area contributed by atoms with E-state index >= 15 is 0 Å². The molecule has 0 radical (unpaired) electrons. The molecule has 1 aliphatic rings. The molecule has 0 fully saturated rings. The number of benzene rings is 5. The molecule has 0 atom stereocenters. The number of H-pyrrole nitrogens is 1. The van der Waals surface area contributed by atoms with Crippen LogP contribution in [0.25, 0.3) is 45.1 Å². The Balaban J connectivity index is 1.36. The molecule has 0 saturated carbocycles. The summed E-state index contributed by atoms with van der Waals surface area (Å²) in [5.74, 6) is -0.127. The van der Waals surface area contributed by atoms with Crippen molar-refractivity contribution < 1.29 is 9.59 Å². The lowest BCUT2D eigenvalue weighted by Gasteiger charge is -2.11. The maximum absolute atomic E-state index is 13.9. The minimum atomic E-state index is -0.374.